The van der Waals surface area contributed by atoms with Crippen molar-refractivity contribution in [1.29, 1.82) is 0 Å². The quantitative estimate of drug-likeness (QED) is 0.720. The number of halogens is 1. The van der Waals surface area contributed by atoms with Gasteiger partial charge < -0.3 is 11.1 Å². The van der Waals surface area contributed by atoms with E-state index in [9.17, 15) is 9.18 Å². The van der Waals surface area contributed by atoms with Gasteiger partial charge in [-0.15, -0.1) is 0 Å². The largest absolute Gasteiger partial charge is 0.396 e. The van der Waals surface area contributed by atoms with Crippen molar-refractivity contribution in [2.75, 3.05) is 12.8 Å². The maximum absolute atomic E-state index is 13.6. The van der Waals surface area contributed by atoms with Crippen molar-refractivity contribution in [2.24, 2.45) is 0 Å². The number of nitrogen functional groups attached to an aromatic ring is 1. The molecule has 0 saturated heterocycles. The van der Waals surface area contributed by atoms with E-state index in [0.717, 1.165) is 22.3 Å². The first-order valence-corrected chi connectivity index (χ1v) is 7.70. The number of benzene rings is 1. The van der Waals surface area contributed by atoms with Crippen molar-refractivity contribution in [3.63, 3.8) is 0 Å². The lowest BCUT2D eigenvalue weighted by Crippen LogP contribution is -2.19. The van der Waals surface area contributed by atoms with Gasteiger partial charge in [0.1, 0.15) is 11.5 Å². The summed E-state index contributed by atoms with van der Waals surface area (Å²) in [4.78, 5) is 20.2. The van der Waals surface area contributed by atoms with Crippen molar-refractivity contribution in [1.82, 2.24) is 15.3 Å². The molecule has 3 N–H and O–H groups in total. The summed E-state index contributed by atoms with van der Waals surface area (Å²) >= 11 is 0. The standard InChI is InChI=1S/C19H17FN4O/c1-11-7-15(20)16(21)10-14(11)12-3-5-23-17(8-12)13-4-6-24-18(9-13)19(25)22-2/h3-10H,21H2,1-2H3,(H,22,25). The highest BCUT2D eigenvalue weighted by atomic mass is 19.1. The molecule has 126 valence electrons. The minimum Gasteiger partial charge on any atom is -0.396 e. The Kier molecular flexibility index (Phi) is 4.43. The molecule has 0 unspecified atom stereocenters. The molecule has 6 heteroatoms. The summed E-state index contributed by atoms with van der Waals surface area (Å²) < 4.78 is 13.6. The van der Waals surface area contributed by atoms with Crippen molar-refractivity contribution in [3.05, 3.63) is 65.9 Å². The van der Waals surface area contributed by atoms with Crippen LogP contribution in [0.1, 0.15) is 16.1 Å². The third-order valence-corrected chi connectivity index (χ3v) is 3.93. The molecular weight excluding hydrogens is 319 g/mol. The van der Waals surface area contributed by atoms with E-state index in [-0.39, 0.29) is 11.6 Å². The smallest absolute Gasteiger partial charge is 0.269 e. The van der Waals surface area contributed by atoms with Crippen molar-refractivity contribution >= 4 is 11.6 Å². The maximum Gasteiger partial charge on any atom is 0.269 e. The van der Waals surface area contributed by atoms with Gasteiger partial charge in [-0.3, -0.25) is 14.8 Å². The molecule has 2 aromatic heterocycles. The van der Waals surface area contributed by atoms with Crippen LogP contribution in [-0.4, -0.2) is 22.9 Å². The van der Waals surface area contributed by atoms with Crippen LogP contribution in [0.3, 0.4) is 0 Å². The van der Waals surface area contributed by atoms with Crippen LogP contribution in [0, 0.1) is 12.7 Å². The molecular formula is C19H17FN4O. The normalized spacial score (nSPS) is 10.5. The van der Waals surface area contributed by atoms with Crippen LogP contribution in [0.2, 0.25) is 0 Å². The molecule has 0 saturated carbocycles. The molecule has 0 atom stereocenters. The third kappa shape index (κ3) is 3.33. The van der Waals surface area contributed by atoms with E-state index in [4.69, 9.17) is 5.73 Å². The number of aryl methyl sites for hydroxylation is 1. The first-order valence-electron chi connectivity index (χ1n) is 7.70. The van der Waals surface area contributed by atoms with Crippen LogP contribution in [0.4, 0.5) is 10.1 Å². The Hall–Kier alpha value is -3.28. The second-order valence-electron chi connectivity index (χ2n) is 5.63. The third-order valence-electron chi connectivity index (χ3n) is 3.93. The van der Waals surface area contributed by atoms with E-state index in [1.54, 1.807) is 37.6 Å². The van der Waals surface area contributed by atoms with Crippen LogP contribution in [0.5, 0.6) is 0 Å². The fourth-order valence-electron chi connectivity index (χ4n) is 2.60. The first kappa shape index (κ1) is 16.6. The highest BCUT2D eigenvalue weighted by Crippen LogP contribution is 2.29. The summed E-state index contributed by atoms with van der Waals surface area (Å²) in [5, 5.41) is 2.54. The predicted octanol–water partition coefficient (Wildman–Crippen LogP) is 3.20. The number of nitrogens with zero attached hydrogens (tertiary/aromatic N) is 2. The summed E-state index contributed by atoms with van der Waals surface area (Å²) in [5.74, 6) is -0.694. The lowest BCUT2D eigenvalue weighted by atomic mass is 9.98. The number of rotatable bonds is 3. The molecule has 0 spiro atoms. The molecule has 2 heterocycles. The van der Waals surface area contributed by atoms with Gasteiger partial charge in [0, 0.05) is 25.0 Å². The molecule has 25 heavy (non-hydrogen) atoms. The van der Waals surface area contributed by atoms with Gasteiger partial charge in [-0.05, 0) is 60.0 Å². The lowest BCUT2D eigenvalue weighted by Gasteiger charge is -2.10. The molecule has 3 rings (SSSR count). The molecule has 0 fully saturated rings. The van der Waals surface area contributed by atoms with Crippen molar-refractivity contribution in [3.8, 4) is 22.4 Å². The number of aromatic nitrogens is 2. The average Bonchev–Trinajstić information content (AvgIpc) is 2.64. The number of anilines is 1. The number of pyridine rings is 2. The fourth-order valence-corrected chi connectivity index (χ4v) is 2.60. The molecule has 0 bridgehead atoms. The number of amides is 1. The van der Waals surface area contributed by atoms with Gasteiger partial charge in [0.2, 0.25) is 0 Å². The Morgan fingerprint density at radius 3 is 2.56 bits per heavy atom. The Labute approximate surface area is 144 Å². The molecule has 1 amide bonds. The van der Waals surface area contributed by atoms with Crippen LogP contribution < -0.4 is 11.1 Å². The highest BCUT2D eigenvalue weighted by molar-refractivity contribution is 5.93. The molecule has 0 radical (unpaired) electrons. The highest BCUT2D eigenvalue weighted by Gasteiger charge is 2.11. The zero-order valence-corrected chi connectivity index (χ0v) is 13.9. The summed E-state index contributed by atoms with van der Waals surface area (Å²) in [6.45, 7) is 1.83. The number of nitrogens with one attached hydrogen (secondary N) is 1. The Morgan fingerprint density at radius 2 is 1.80 bits per heavy atom. The Balaban J connectivity index is 2.06. The lowest BCUT2D eigenvalue weighted by molar-refractivity contribution is 0.0958. The fraction of sp³-hybridized carbons (Fsp3) is 0.105. The van der Waals surface area contributed by atoms with Crippen molar-refractivity contribution in [2.45, 2.75) is 6.92 Å². The molecule has 3 aromatic rings. The Bertz CT molecular complexity index is 956. The zero-order valence-electron chi connectivity index (χ0n) is 13.9. The minimum atomic E-state index is -0.431. The molecule has 0 aliphatic rings. The molecule has 0 aliphatic carbocycles. The summed E-state index contributed by atoms with van der Waals surface area (Å²) in [5.41, 5.74) is 10.1. The second kappa shape index (κ2) is 6.68. The van der Waals surface area contributed by atoms with Gasteiger partial charge in [-0.25, -0.2) is 4.39 Å². The molecule has 0 aliphatic heterocycles. The summed E-state index contributed by atoms with van der Waals surface area (Å²) in [6, 6.07) is 10.2. The van der Waals surface area contributed by atoms with Crippen LogP contribution in [0.15, 0.2) is 48.8 Å². The number of hydrogen-bond donors (Lipinski definition) is 2. The van der Waals surface area contributed by atoms with E-state index >= 15 is 0 Å². The average molecular weight is 336 g/mol. The number of carbonyl (C=O) groups excluding carboxylic acids is 1. The van der Waals surface area contributed by atoms with Gasteiger partial charge in [-0.2, -0.15) is 0 Å². The van der Waals surface area contributed by atoms with Crippen molar-refractivity contribution < 1.29 is 9.18 Å². The minimum absolute atomic E-state index is 0.102. The Morgan fingerprint density at radius 1 is 1.08 bits per heavy atom. The summed E-state index contributed by atoms with van der Waals surface area (Å²) in [7, 11) is 1.55. The van der Waals surface area contributed by atoms with Crippen LogP contribution in [-0.2, 0) is 0 Å². The summed E-state index contributed by atoms with van der Waals surface area (Å²) in [6.07, 6.45) is 3.24. The van der Waals surface area contributed by atoms with Gasteiger partial charge >= 0.3 is 0 Å². The first-order chi connectivity index (χ1) is 12.0. The monoisotopic (exact) mass is 336 g/mol. The van der Waals surface area contributed by atoms with Crippen LogP contribution in [0.25, 0.3) is 22.4 Å². The molecule has 5 nitrogen and oxygen atoms in total. The van der Waals surface area contributed by atoms with E-state index in [1.807, 2.05) is 19.1 Å². The number of hydrogen-bond acceptors (Lipinski definition) is 4. The number of nitrogens with two attached hydrogens (primary N) is 1. The van der Waals surface area contributed by atoms with Crippen LogP contribution >= 0.6 is 0 Å². The topological polar surface area (TPSA) is 80.9 Å². The van der Waals surface area contributed by atoms with E-state index < -0.39 is 5.82 Å². The molecule has 1 aromatic carbocycles. The van der Waals surface area contributed by atoms with Gasteiger partial charge in [0.15, 0.2) is 0 Å². The van der Waals surface area contributed by atoms with E-state index in [0.29, 0.717) is 11.4 Å². The maximum atomic E-state index is 13.6. The predicted molar refractivity (Wildman–Crippen MR) is 95.4 cm³/mol. The van der Waals surface area contributed by atoms with E-state index in [1.165, 1.54) is 6.07 Å². The van der Waals surface area contributed by atoms with Gasteiger partial charge in [0.25, 0.3) is 5.91 Å². The number of carbonyl (C=O) groups is 1. The zero-order chi connectivity index (χ0) is 18.0. The van der Waals surface area contributed by atoms with Gasteiger partial charge in [-0.1, -0.05) is 0 Å². The van der Waals surface area contributed by atoms with E-state index in [2.05, 4.69) is 15.3 Å². The second-order valence-corrected chi connectivity index (χ2v) is 5.63. The SMILES string of the molecule is CNC(=O)c1cc(-c2cc(-c3cc(N)c(F)cc3C)ccn2)ccn1. The van der Waals surface area contributed by atoms with Gasteiger partial charge in [0.05, 0.1) is 11.4 Å².